The summed E-state index contributed by atoms with van der Waals surface area (Å²) in [7, 11) is -4.76. The van der Waals surface area contributed by atoms with E-state index < -0.39 is 31.4 Å². The Hall–Kier alpha value is -2.50. The van der Waals surface area contributed by atoms with E-state index in [0.717, 1.165) is 4.31 Å². The lowest BCUT2D eigenvalue weighted by molar-refractivity contribution is 0.388. The zero-order valence-corrected chi connectivity index (χ0v) is 16.2. The van der Waals surface area contributed by atoms with Crippen LogP contribution in [0.2, 0.25) is 0 Å². The van der Waals surface area contributed by atoms with E-state index >= 15 is 0 Å². The Labute approximate surface area is 156 Å². The highest BCUT2D eigenvalue weighted by molar-refractivity contribution is 7.89. The van der Waals surface area contributed by atoms with Crippen LogP contribution in [0.25, 0.3) is 11.4 Å². The van der Waals surface area contributed by atoms with Gasteiger partial charge in [0.15, 0.2) is 9.84 Å². The molecule has 0 atom stereocenters. The average molecular weight is 411 g/mol. The van der Waals surface area contributed by atoms with Crippen molar-refractivity contribution in [2.75, 3.05) is 14.1 Å². The molecule has 0 aliphatic carbocycles. The number of rotatable bonds is 7. The highest BCUT2D eigenvalue weighted by Gasteiger charge is 2.24. The molecule has 1 aromatic carbocycles. The number of nitrogens with zero attached hydrogens (tertiary/aromatic N) is 3. The van der Waals surface area contributed by atoms with Gasteiger partial charge in [-0.3, -0.25) is 0 Å². The lowest BCUT2D eigenvalue weighted by atomic mass is 10.2. The van der Waals surface area contributed by atoms with Gasteiger partial charge in [0, 0.05) is 19.7 Å². The van der Waals surface area contributed by atoms with Crippen molar-refractivity contribution >= 4 is 19.9 Å². The van der Waals surface area contributed by atoms with Crippen molar-refractivity contribution in [2.45, 2.75) is 16.6 Å². The van der Waals surface area contributed by atoms with Gasteiger partial charge >= 0.3 is 0 Å². The monoisotopic (exact) mass is 411 g/mol. The number of hydrogen-bond acceptors (Lipinski definition) is 8. The van der Waals surface area contributed by atoms with E-state index in [1.165, 1.54) is 26.2 Å². The molecule has 0 N–H and O–H groups in total. The van der Waals surface area contributed by atoms with E-state index in [9.17, 15) is 16.8 Å². The molecule has 0 saturated heterocycles. The first-order valence-corrected chi connectivity index (χ1v) is 11.0. The van der Waals surface area contributed by atoms with Crippen LogP contribution < -0.4 is 0 Å². The average Bonchev–Trinajstić information content (AvgIpc) is 3.24. The third kappa shape index (κ3) is 4.43. The van der Waals surface area contributed by atoms with Crippen molar-refractivity contribution in [2.24, 2.45) is 0 Å². The predicted molar refractivity (Wildman–Crippen MR) is 95.6 cm³/mol. The highest BCUT2D eigenvalue weighted by atomic mass is 32.2. The van der Waals surface area contributed by atoms with Crippen molar-refractivity contribution in [1.29, 1.82) is 0 Å². The van der Waals surface area contributed by atoms with E-state index in [1.54, 1.807) is 24.3 Å². The topological polar surface area (TPSA) is 124 Å². The second-order valence-corrected chi connectivity index (χ2v) is 10.1. The molecule has 9 nitrogen and oxygen atoms in total. The van der Waals surface area contributed by atoms with Crippen molar-refractivity contribution in [3.8, 4) is 11.4 Å². The van der Waals surface area contributed by atoms with Crippen LogP contribution in [0, 0.1) is 0 Å². The molecular weight excluding hydrogens is 394 g/mol. The molecule has 0 fully saturated rings. The van der Waals surface area contributed by atoms with E-state index in [2.05, 4.69) is 10.1 Å². The lowest BCUT2D eigenvalue weighted by Crippen LogP contribution is -2.21. The molecule has 0 aliphatic rings. The molecule has 3 aromatic rings. The van der Waals surface area contributed by atoms with Gasteiger partial charge < -0.3 is 8.94 Å². The SMILES string of the molecule is CN(C)S(=O)(=O)c1ccc(CS(=O)(=O)Cc2nc(-c3ccccc3)no2)o1. The fourth-order valence-corrected chi connectivity index (χ4v) is 4.22. The van der Waals surface area contributed by atoms with Crippen molar-refractivity contribution < 1.29 is 25.8 Å². The van der Waals surface area contributed by atoms with Crippen LogP contribution in [0.3, 0.4) is 0 Å². The number of hydrogen-bond donors (Lipinski definition) is 0. The van der Waals surface area contributed by atoms with Crippen molar-refractivity contribution in [1.82, 2.24) is 14.4 Å². The molecule has 27 heavy (non-hydrogen) atoms. The first kappa shape index (κ1) is 19.3. The van der Waals surface area contributed by atoms with E-state index in [1.807, 2.05) is 6.07 Å². The third-order valence-electron chi connectivity index (χ3n) is 3.58. The summed E-state index contributed by atoms with van der Waals surface area (Å²) < 4.78 is 59.9. The summed E-state index contributed by atoms with van der Waals surface area (Å²) in [6.45, 7) is 0. The van der Waals surface area contributed by atoms with Crippen LogP contribution in [-0.2, 0) is 31.4 Å². The van der Waals surface area contributed by atoms with Gasteiger partial charge in [0.05, 0.1) is 0 Å². The fourth-order valence-electron chi connectivity index (χ4n) is 2.23. The Morgan fingerprint density at radius 1 is 0.963 bits per heavy atom. The molecule has 3 rings (SSSR count). The molecule has 2 heterocycles. The van der Waals surface area contributed by atoms with E-state index in [0.29, 0.717) is 5.56 Å². The van der Waals surface area contributed by atoms with Crippen LogP contribution in [0.1, 0.15) is 11.7 Å². The molecule has 0 spiro atoms. The van der Waals surface area contributed by atoms with Gasteiger partial charge in [-0.05, 0) is 12.1 Å². The van der Waals surface area contributed by atoms with Crippen LogP contribution in [0.4, 0.5) is 0 Å². The van der Waals surface area contributed by atoms with Crippen LogP contribution in [-0.4, -0.2) is 45.4 Å². The molecular formula is C16H17N3O6S2. The van der Waals surface area contributed by atoms with Crippen LogP contribution >= 0.6 is 0 Å². The van der Waals surface area contributed by atoms with E-state index in [-0.39, 0.29) is 22.6 Å². The van der Waals surface area contributed by atoms with Crippen molar-refractivity contribution in [3.63, 3.8) is 0 Å². The van der Waals surface area contributed by atoms with Gasteiger partial charge in [-0.2, -0.15) is 4.98 Å². The summed E-state index contributed by atoms with van der Waals surface area (Å²) >= 11 is 0. The number of aromatic nitrogens is 2. The summed E-state index contributed by atoms with van der Waals surface area (Å²) in [6, 6.07) is 11.5. The normalized spacial score (nSPS) is 12.6. The Morgan fingerprint density at radius 2 is 1.67 bits per heavy atom. The number of benzene rings is 1. The fraction of sp³-hybridized carbons (Fsp3) is 0.250. The summed E-state index contributed by atoms with van der Waals surface area (Å²) in [6.07, 6.45) is 0. The molecule has 11 heteroatoms. The molecule has 0 unspecified atom stereocenters. The summed E-state index contributed by atoms with van der Waals surface area (Å²) in [5.74, 6) is -0.722. The highest BCUT2D eigenvalue weighted by Crippen LogP contribution is 2.21. The van der Waals surface area contributed by atoms with Crippen LogP contribution in [0.15, 0.2) is 56.5 Å². The Balaban J connectivity index is 1.73. The standard InChI is InChI=1S/C16H17N3O6S2/c1-19(2)27(22,23)15-9-8-13(24-15)10-26(20,21)11-14-17-16(18-25-14)12-6-4-3-5-7-12/h3-9H,10-11H2,1-2H3. The smallest absolute Gasteiger partial charge is 0.275 e. The Morgan fingerprint density at radius 3 is 2.33 bits per heavy atom. The molecule has 0 amide bonds. The second kappa shape index (κ2) is 7.25. The van der Waals surface area contributed by atoms with Gasteiger partial charge in [-0.1, -0.05) is 35.5 Å². The van der Waals surface area contributed by atoms with Gasteiger partial charge in [0.2, 0.25) is 16.8 Å². The number of furan rings is 1. The van der Waals surface area contributed by atoms with Gasteiger partial charge in [0.25, 0.3) is 10.0 Å². The first-order chi connectivity index (χ1) is 12.7. The third-order valence-corrected chi connectivity index (χ3v) is 6.68. The molecule has 0 saturated carbocycles. The minimum atomic E-state index is -3.77. The van der Waals surface area contributed by atoms with E-state index in [4.69, 9.17) is 8.94 Å². The number of sulfone groups is 1. The number of sulfonamides is 1. The summed E-state index contributed by atoms with van der Waals surface area (Å²) in [5.41, 5.74) is 0.703. The first-order valence-electron chi connectivity index (χ1n) is 7.77. The minimum Gasteiger partial charge on any atom is -0.447 e. The Bertz CT molecular complexity index is 1130. The quantitative estimate of drug-likeness (QED) is 0.575. The summed E-state index contributed by atoms with van der Waals surface area (Å²) in [4.78, 5) is 4.08. The van der Waals surface area contributed by atoms with Crippen molar-refractivity contribution in [3.05, 3.63) is 54.1 Å². The predicted octanol–water partition coefficient (Wildman–Crippen LogP) is 1.69. The molecule has 2 aromatic heterocycles. The van der Waals surface area contributed by atoms with Crippen LogP contribution in [0.5, 0.6) is 0 Å². The zero-order chi connectivity index (χ0) is 19.7. The minimum absolute atomic E-state index is 0.0122. The van der Waals surface area contributed by atoms with Gasteiger partial charge in [-0.25, -0.2) is 21.1 Å². The van der Waals surface area contributed by atoms with Gasteiger partial charge in [-0.15, -0.1) is 0 Å². The lowest BCUT2D eigenvalue weighted by Gasteiger charge is -2.07. The molecule has 0 radical (unpaired) electrons. The maximum atomic E-state index is 12.4. The second-order valence-electron chi connectivity index (χ2n) is 5.92. The zero-order valence-electron chi connectivity index (χ0n) is 14.6. The molecule has 0 aliphatic heterocycles. The largest absolute Gasteiger partial charge is 0.447 e. The maximum absolute atomic E-state index is 12.4. The van der Waals surface area contributed by atoms with Gasteiger partial charge in [0.1, 0.15) is 17.3 Å². The molecule has 0 bridgehead atoms. The Kier molecular flexibility index (Phi) is 5.18. The maximum Gasteiger partial charge on any atom is 0.275 e. The molecule has 144 valence electrons. The summed E-state index contributed by atoms with van der Waals surface area (Å²) in [5, 5.41) is 3.46.